The molecule has 0 heterocycles. The van der Waals surface area contributed by atoms with Gasteiger partial charge in [0.2, 0.25) is 0 Å². The van der Waals surface area contributed by atoms with E-state index in [1.807, 2.05) is 37.3 Å². The number of halogens is 2. The molecule has 0 saturated heterocycles. The van der Waals surface area contributed by atoms with Gasteiger partial charge in [-0.2, -0.15) is 0 Å². The first-order valence-corrected chi connectivity index (χ1v) is 13.0. The molecule has 3 aromatic carbocycles. The summed E-state index contributed by atoms with van der Waals surface area (Å²) in [6.07, 6.45) is 0.997. The Labute approximate surface area is 236 Å². The summed E-state index contributed by atoms with van der Waals surface area (Å²) in [4.78, 5) is 37.6. The molecule has 0 bridgehead atoms. The van der Waals surface area contributed by atoms with Crippen molar-refractivity contribution in [2.45, 2.75) is 32.6 Å². The monoisotopic (exact) mass is 569 g/mol. The highest BCUT2D eigenvalue weighted by atomic mass is 35.5. The average Bonchev–Trinajstić information content (AvgIpc) is 2.91. The third kappa shape index (κ3) is 8.30. The molecule has 0 aromatic heterocycles. The van der Waals surface area contributed by atoms with Crippen molar-refractivity contribution in [2.24, 2.45) is 17.6 Å². The number of hydrogen-bond donors (Lipinski definition) is 4. The highest BCUT2D eigenvalue weighted by molar-refractivity contribution is 6.43. The molecule has 3 aromatic rings. The van der Waals surface area contributed by atoms with Gasteiger partial charge in [0.1, 0.15) is 10.8 Å². The molecule has 0 amide bonds. The van der Waals surface area contributed by atoms with E-state index in [9.17, 15) is 19.5 Å². The SMILES string of the molecule is CCC(C[C@@H](Cc1ccccc1)C(=O)O)C(=O)Cc1ccc(OC(=O)c2ccc(NC(=N)N)cc2)c(Cl)c1Cl. The Bertz CT molecular complexity index is 1350. The van der Waals surface area contributed by atoms with Gasteiger partial charge in [0.05, 0.1) is 16.5 Å². The number of hydrogen-bond acceptors (Lipinski definition) is 5. The van der Waals surface area contributed by atoms with Crippen molar-refractivity contribution in [3.05, 3.63) is 93.5 Å². The molecule has 5 N–H and O–H groups in total. The first kappa shape index (κ1) is 29.7. The predicted molar refractivity (Wildman–Crippen MR) is 152 cm³/mol. The van der Waals surface area contributed by atoms with E-state index < -0.39 is 23.8 Å². The number of carboxylic acids is 1. The van der Waals surface area contributed by atoms with Crippen LogP contribution >= 0.6 is 23.2 Å². The molecule has 0 fully saturated rings. The molecule has 204 valence electrons. The highest BCUT2D eigenvalue weighted by Crippen LogP contribution is 2.36. The molecule has 3 rings (SSSR count). The van der Waals surface area contributed by atoms with E-state index in [2.05, 4.69) is 5.32 Å². The second-order valence-corrected chi connectivity index (χ2v) is 9.82. The summed E-state index contributed by atoms with van der Waals surface area (Å²) in [5.41, 5.74) is 7.43. The van der Waals surface area contributed by atoms with Gasteiger partial charge in [0.25, 0.3) is 0 Å². The number of anilines is 1. The predicted octanol–water partition coefficient (Wildman–Crippen LogP) is 5.99. The maximum absolute atomic E-state index is 13.2. The lowest BCUT2D eigenvalue weighted by Crippen LogP contribution is -2.25. The van der Waals surface area contributed by atoms with E-state index in [1.54, 1.807) is 18.2 Å². The first-order chi connectivity index (χ1) is 18.6. The van der Waals surface area contributed by atoms with Crippen LogP contribution < -0.4 is 15.8 Å². The van der Waals surface area contributed by atoms with Crippen molar-refractivity contribution in [3.8, 4) is 5.75 Å². The third-order valence-corrected chi connectivity index (χ3v) is 7.19. The standard InChI is InChI=1S/C29H29Cl2N3O5/c1-2-18(15-21(27(36)37)14-17-6-4-3-5-7-17)23(35)16-20-10-13-24(26(31)25(20)30)39-28(38)19-8-11-22(12-9-19)34-29(32)33/h3-13,18,21H,2,14-16H2,1H3,(H,36,37)(H4,32,33,34)/t18?,21-/m1/s1. The number of Topliss-reactive ketones (excluding diaryl/α,β-unsaturated/α-hetero) is 1. The van der Waals surface area contributed by atoms with Crippen molar-refractivity contribution < 1.29 is 24.2 Å². The smallest absolute Gasteiger partial charge is 0.343 e. The zero-order valence-corrected chi connectivity index (χ0v) is 22.8. The topological polar surface area (TPSA) is 143 Å². The molecule has 2 atom stereocenters. The number of ether oxygens (including phenoxy) is 1. The Hall–Kier alpha value is -3.88. The fraction of sp³-hybridized carbons (Fsp3) is 0.241. The molecule has 8 nitrogen and oxygen atoms in total. The Morgan fingerprint density at radius 1 is 0.974 bits per heavy atom. The number of rotatable bonds is 12. The zero-order valence-electron chi connectivity index (χ0n) is 21.2. The molecule has 0 aliphatic carbocycles. The van der Waals surface area contributed by atoms with Crippen LogP contribution in [0.4, 0.5) is 5.69 Å². The number of guanidine groups is 1. The van der Waals surface area contributed by atoms with Crippen LogP contribution in [0.25, 0.3) is 0 Å². The minimum absolute atomic E-state index is 0.00859. The number of aliphatic carboxylic acids is 1. The van der Waals surface area contributed by atoms with E-state index >= 15 is 0 Å². The van der Waals surface area contributed by atoms with Crippen LogP contribution in [0.3, 0.4) is 0 Å². The van der Waals surface area contributed by atoms with Gasteiger partial charge >= 0.3 is 11.9 Å². The van der Waals surface area contributed by atoms with Gasteiger partial charge in [0, 0.05) is 18.0 Å². The summed E-state index contributed by atoms with van der Waals surface area (Å²) >= 11 is 12.8. The maximum atomic E-state index is 13.2. The van der Waals surface area contributed by atoms with E-state index in [1.165, 1.54) is 18.2 Å². The van der Waals surface area contributed by atoms with Crippen molar-refractivity contribution in [1.82, 2.24) is 0 Å². The van der Waals surface area contributed by atoms with E-state index in [4.69, 9.17) is 39.1 Å². The van der Waals surface area contributed by atoms with Crippen LogP contribution in [0.1, 0.15) is 41.3 Å². The van der Waals surface area contributed by atoms with Crippen molar-refractivity contribution in [3.63, 3.8) is 0 Å². The van der Waals surface area contributed by atoms with Gasteiger partial charge in [-0.3, -0.25) is 15.0 Å². The van der Waals surface area contributed by atoms with Crippen LogP contribution in [0.5, 0.6) is 5.75 Å². The number of carbonyl (C=O) groups is 3. The minimum atomic E-state index is -0.942. The van der Waals surface area contributed by atoms with Crippen molar-refractivity contribution in [1.29, 1.82) is 5.41 Å². The Morgan fingerprint density at radius 3 is 2.23 bits per heavy atom. The lowest BCUT2D eigenvalue weighted by Gasteiger charge is -2.20. The second-order valence-electron chi connectivity index (χ2n) is 9.07. The van der Waals surface area contributed by atoms with Gasteiger partial charge in [-0.1, -0.05) is 66.5 Å². The molecule has 0 aliphatic rings. The quantitative estimate of drug-likeness (QED) is 0.0907. The number of benzene rings is 3. The maximum Gasteiger partial charge on any atom is 0.343 e. The van der Waals surface area contributed by atoms with Gasteiger partial charge in [0.15, 0.2) is 11.7 Å². The van der Waals surface area contributed by atoms with Gasteiger partial charge in [-0.15, -0.1) is 0 Å². The fourth-order valence-electron chi connectivity index (χ4n) is 4.16. The van der Waals surface area contributed by atoms with Gasteiger partial charge in [-0.25, -0.2) is 4.79 Å². The Morgan fingerprint density at radius 2 is 1.64 bits per heavy atom. The van der Waals surface area contributed by atoms with Crippen LogP contribution in [-0.2, 0) is 22.4 Å². The zero-order chi connectivity index (χ0) is 28.5. The van der Waals surface area contributed by atoms with Crippen LogP contribution in [0.2, 0.25) is 10.0 Å². The number of ketones is 1. The normalized spacial score (nSPS) is 12.3. The molecule has 0 spiro atoms. The van der Waals surface area contributed by atoms with Crippen LogP contribution in [0, 0.1) is 17.2 Å². The van der Waals surface area contributed by atoms with E-state index in [0.717, 1.165) is 5.56 Å². The molecule has 0 saturated carbocycles. The third-order valence-electron chi connectivity index (χ3n) is 6.29. The summed E-state index contributed by atoms with van der Waals surface area (Å²) in [7, 11) is 0. The van der Waals surface area contributed by atoms with Crippen molar-refractivity contribution >= 4 is 52.6 Å². The molecule has 39 heavy (non-hydrogen) atoms. The Balaban J connectivity index is 1.67. The number of nitrogens with two attached hydrogens (primary N) is 1. The van der Waals surface area contributed by atoms with Gasteiger partial charge < -0.3 is 20.9 Å². The number of carbonyl (C=O) groups excluding carboxylic acids is 2. The van der Waals surface area contributed by atoms with Crippen LogP contribution in [0.15, 0.2) is 66.7 Å². The summed E-state index contributed by atoms with van der Waals surface area (Å²) in [6, 6.07) is 18.5. The largest absolute Gasteiger partial charge is 0.481 e. The molecule has 1 unspecified atom stereocenters. The molecular weight excluding hydrogens is 541 g/mol. The van der Waals surface area contributed by atoms with Crippen molar-refractivity contribution in [2.75, 3.05) is 5.32 Å². The fourth-order valence-corrected chi connectivity index (χ4v) is 4.61. The molecule has 0 radical (unpaired) electrons. The minimum Gasteiger partial charge on any atom is -0.481 e. The second kappa shape index (κ2) is 13.8. The lowest BCUT2D eigenvalue weighted by molar-refractivity contribution is -0.142. The number of carboxylic acid groups (broad SMARTS) is 1. The molecule has 10 heteroatoms. The summed E-state index contributed by atoms with van der Waals surface area (Å²) in [6.45, 7) is 1.85. The lowest BCUT2D eigenvalue weighted by atomic mass is 9.84. The summed E-state index contributed by atoms with van der Waals surface area (Å²) in [5, 5.41) is 19.7. The summed E-state index contributed by atoms with van der Waals surface area (Å²) < 4.78 is 5.40. The number of nitrogens with one attached hydrogen (secondary N) is 2. The average molecular weight is 570 g/mol. The highest BCUT2D eigenvalue weighted by Gasteiger charge is 2.27. The van der Waals surface area contributed by atoms with E-state index in [0.29, 0.717) is 24.1 Å². The number of esters is 1. The molecular formula is C29H29Cl2N3O5. The Kier molecular flexibility index (Phi) is 10.5. The van der Waals surface area contributed by atoms with Crippen LogP contribution in [-0.4, -0.2) is 28.8 Å². The first-order valence-electron chi connectivity index (χ1n) is 12.3. The van der Waals surface area contributed by atoms with E-state index in [-0.39, 0.29) is 45.9 Å². The molecule has 0 aliphatic heterocycles. The van der Waals surface area contributed by atoms with Gasteiger partial charge in [-0.05, 0) is 60.7 Å². The summed E-state index contributed by atoms with van der Waals surface area (Å²) in [5.74, 6) is -3.12.